The van der Waals surface area contributed by atoms with Crippen LogP contribution in [0, 0.1) is 5.92 Å². The van der Waals surface area contributed by atoms with Crippen LogP contribution in [0.3, 0.4) is 0 Å². The van der Waals surface area contributed by atoms with E-state index in [2.05, 4.69) is 24.1 Å². The number of hydrogen-bond donors (Lipinski definition) is 1. The van der Waals surface area contributed by atoms with Crippen LogP contribution in [-0.2, 0) is 4.79 Å². The SMILES string of the molecule is CCC(C)N1CCC(CNC(=O)CN(C(=O)c2ccc(OC)cc2)c2ccccc2)CC1. The molecule has 1 aliphatic rings. The second-order valence-electron chi connectivity index (χ2n) is 8.50. The Morgan fingerprint density at radius 2 is 1.75 bits per heavy atom. The van der Waals surface area contributed by atoms with Gasteiger partial charge < -0.3 is 15.0 Å². The number of nitrogens with zero attached hydrogens (tertiary/aromatic N) is 2. The molecule has 6 heteroatoms. The van der Waals surface area contributed by atoms with Crippen LogP contribution in [0.2, 0.25) is 0 Å². The van der Waals surface area contributed by atoms with Crippen LogP contribution in [0.25, 0.3) is 0 Å². The van der Waals surface area contributed by atoms with E-state index in [-0.39, 0.29) is 18.4 Å². The molecule has 1 N–H and O–H groups in total. The fourth-order valence-electron chi connectivity index (χ4n) is 4.09. The van der Waals surface area contributed by atoms with Gasteiger partial charge in [0.1, 0.15) is 12.3 Å². The first-order valence-electron chi connectivity index (χ1n) is 11.5. The summed E-state index contributed by atoms with van der Waals surface area (Å²) in [6.07, 6.45) is 3.36. The number of likely N-dealkylation sites (tertiary alicyclic amines) is 1. The van der Waals surface area contributed by atoms with E-state index >= 15 is 0 Å². The molecule has 3 rings (SSSR count). The number of ether oxygens (including phenoxy) is 1. The number of anilines is 1. The molecular formula is C26H35N3O3. The summed E-state index contributed by atoms with van der Waals surface area (Å²) < 4.78 is 5.18. The molecule has 1 saturated heterocycles. The van der Waals surface area contributed by atoms with Gasteiger partial charge in [-0.25, -0.2) is 0 Å². The van der Waals surface area contributed by atoms with Gasteiger partial charge in [0, 0.05) is 23.8 Å². The summed E-state index contributed by atoms with van der Waals surface area (Å²) in [5, 5.41) is 3.06. The zero-order valence-electron chi connectivity index (χ0n) is 19.4. The van der Waals surface area contributed by atoms with Gasteiger partial charge in [0.05, 0.1) is 7.11 Å². The van der Waals surface area contributed by atoms with E-state index < -0.39 is 0 Å². The Labute approximate surface area is 191 Å². The fraction of sp³-hybridized carbons (Fsp3) is 0.462. The Balaban J connectivity index is 1.60. The van der Waals surface area contributed by atoms with E-state index in [1.807, 2.05) is 30.3 Å². The van der Waals surface area contributed by atoms with Crippen molar-refractivity contribution in [2.75, 3.05) is 38.2 Å². The number of para-hydroxylation sites is 1. The fourth-order valence-corrected chi connectivity index (χ4v) is 4.09. The molecule has 2 aromatic carbocycles. The second kappa shape index (κ2) is 11.7. The van der Waals surface area contributed by atoms with Crippen LogP contribution in [0.4, 0.5) is 5.69 Å². The van der Waals surface area contributed by atoms with Crippen molar-refractivity contribution < 1.29 is 14.3 Å². The average Bonchev–Trinajstić information content (AvgIpc) is 2.86. The molecule has 32 heavy (non-hydrogen) atoms. The number of nitrogens with one attached hydrogen (secondary N) is 1. The lowest BCUT2D eigenvalue weighted by atomic mass is 9.95. The van der Waals surface area contributed by atoms with Crippen molar-refractivity contribution in [1.82, 2.24) is 10.2 Å². The molecule has 0 radical (unpaired) electrons. The number of benzene rings is 2. The molecule has 1 fully saturated rings. The van der Waals surface area contributed by atoms with E-state index in [1.54, 1.807) is 31.4 Å². The molecule has 0 aliphatic carbocycles. The Hall–Kier alpha value is -2.86. The standard InChI is InChI=1S/C26H35N3O3/c1-4-20(2)28-16-14-21(15-17-28)18-27-25(30)19-29(23-8-6-5-7-9-23)26(31)22-10-12-24(32-3)13-11-22/h5-13,20-21H,4,14-19H2,1-3H3,(H,27,30). The summed E-state index contributed by atoms with van der Waals surface area (Å²) in [6, 6.07) is 16.9. The molecule has 1 unspecified atom stereocenters. The van der Waals surface area contributed by atoms with E-state index in [0.717, 1.165) is 25.9 Å². The largest absolute Gasteiger partial charge is 0.497 e. The van der Waals surface area contributed by atoms with E-state index in [9.17, 15) is 9.59 Å². The van der Waals surface area contributed by atoms with Crippen LogP contribution in [0.1, 0.15) is 43.5 Å². The van der Waals surface area contributed by atoms with Crippen LogP contribution < -0.4 is 15.0 Å². The summed E-state index contributed by atoms with van der Waals surface area (Å²) in [6.45, 7) is 7.32. The third-order valence-electron chi connectivity index (χ3n) is 6.40. The quantitative estimate of drug-likeness (QED) is 0.645. The predicted octanol–water partition coefficient (Wildman–Crippen LogP) is 3.97. The molecule has 172 valence electrons. The van der Waals surface area contributed by atoms with Crippen LogP contribution in [-0.4, -0.2) is 56.0 Å². The average molecular weight is 438 g/mol. The monoisotopic (exact) mass is 437 g/mol. The topological polar surface area (TPSA) is 61.9 Å². The van der Waals surface area contributed by atoms with E-state index in [1.165, 1.54) is 11.3 Å². The van der Waals surface area contributed by atoms with Crippen molar-refractivity contribution in [2.24, 2.45) is 5.92 Å². The maximum Gasteiger partial charge on any atom is 0.258 e. The smallest absolute Gasteiger partial charge is 0.258 e. The first-order valence-corrected chi connectivity index (χ1v) is 11.5. The third-order valence-corrected chi connectivity index (χ3v) is 6.40. The van der Waals surface area contributed by atoms with Gasteiger partial charge in [0.15, 0.2) is 0 Å². The van der Waals surface area contributed by atoms with Crippen LogP contribution in [0.15, 0.2) is 54.6 Å². The lowest BCUT2D eigenvalue weighted by molar-refractivity contribution is -0.120. The number of hydrogen-bond acceptors (Lipinski definition) is 4. The van der Waals surface area contributed by atoms with Crippen molar-refractivity contribution in [3.8, 4) is 5.75 Å². The summed E-state index contributed by atoms with van der Waals surface area (Å²) in [5.41, 5.74) is 1.21. The minimum atomic E-state index is -0.212. The second-order valence-corrected chi connectivity index (χ2v) is 8.50. The normalized spacial score (nSPS) is 15.7. The summed E-state index contributed by atoms with van der Waals surface area (Å²) in [7, 11) is 1.59. The summed E-state index contributed by atoms with van der Waals surface area (Å²) >= 11 is 0. The molecule has 0 bridgehead atoms. The highest BCUT2D eigenvalue weighted by Crippen LogP contribution is 2.21. The maximum absolute atomic E-state index is 13.2. The molecule has 6 nitrogen and oxygen atoms in total. The summed E-state index contributed by atoms with van der Waals surface area (Å²) in [5.74, 6) is 0.822. The molecular weight excluding hydrogens is 402 g/mol. The van der Waals surface area contributed by atoms with Gasteiger partial charge in [-0.15, -0.1) is 0 Å². The first-order chi connectivity index (χ1) is 15.5. The lowest BCUT2D eigenvalue weighted by Gasteiger charge is -2.35. The molecule has 0 spiro atoms. The van der Waals surface area contributed by atoms with Crippen LogP contribution >= 0.6 is 0 Å². The predicted molar refractivity (Wildman–Crippen MR) is 128 cm³/mol. The molecule has 1 atom stereocenters. The van der Waals surface area contributed by atoms with Crippen molar-refractivity contribution >= 4 is 17.5 Å². The zero-order valence-corrected chi connectivity index (χ0v) is 19.4. The molecule has 1 aliphatic heterocycles. The van der Waals surface area contributed by atoms with Crippen molar-refractivity contribution in [2.45, 2.75) is 39.2 Å². The zero-order chi connectivity index (χ0) is 22.9. The first kappa shape index (κ1) is 23.8. The van der Waals surface area contributed by atoms with Gasteiger partial charge in [-0.1, -0.05) is 25.1 Å². The van der Waals surface area contributed by atoms with E-state index in [0.29, 0.717) is 35.5 Å². The Bertz CT molecular complexity index is 862. The molecule has 2 aromatic rings. The van der Waals surface area contributed by atoms with E-state index in [4.69, 9.17) is 4.74 Å². The highest BCUT2D eigenvalue weighted by atomic mass is 16.5. The Morgan fingerprint density at radius 1 is 1.09 bits per heavy atom. The van der Waals surface area contributed by atoms with Gasteiger partial charge in [0.2, 0.25) is 5.91 Å². The molecule has 0 saturated carbocycles. The number of amides is 2. The van der Waals surface area contributed by atoms with Crippen LogP contribution in [0.5, 0.6) is 5.75 Å². The van der Waals surface area contributed by atoms with Crippen molar-refractivity contribution in [3.63, 3.8) is 0 Å². The molecule has 2 amide bonds. The molecule has 1 heterocycles. The van der Waals surface area contributed by atoms with Crippen molar-refractivity contribution in [1.29, 1.82) is 0 Å². The minimum absolute atomic E-state index is 0.0133. The number of methoxy groups -OCH3 is 1. The minimum Gasteiger partial charge on any atom is -0.497 e. The number of piperidine rings is 1. The highest BCUT2D eigenvalue weighted by molar-refractivity contribution is 6.08. The van der Waals surface area contributed by atoms with Gasteiger partial charge in [-0.3, -0.25) is 14.5 Å². The Morgan fingerprint density at radius 3 is 2.34 bits per heavy atom. The third kappa shape index (κ3) is 6.33. The van der Waals surface area contributed by atoms with Gasteiger partial charge >= 0.3 is 0 Å². The number of rotatable bonds is 9. The molecule has 0 aromatic heterocycles. The van der Waals surface area contributed by atoms with Gasteiger partial charge in [-0.05, 0) is 81.6 Å². The maximum atomic E-state index is 13.2. The lowest BCUT2D eigenvalue weighted by Crippen LogP contribution is -2.45. The Kier molecular flexibility index (Phi) is 8.68. The van der Waals surface area contributed by atoms with Crippen molar-refractivity contribution in [3.05, 3.63) is 60.2 Å². The number of carbonyl (C=O) groups is 2. The summed E-state index contributed by atoms with van der Waals surface area (Å²) in [4.78, 5) is 30.1. The highest BCUT2D eigenvalue weighted by Gasteiger charge is 2.24. The van der Waals surface area contributed by atoms with Gasteiger partial charge in [-0.2, -0.15) is 0 Å². The number of carbonyl (C=O) groups excluding carboxylic acids is 2. The van der Waals surface area contributed by atoms with Gasteiger partial charge in [0.25, 0.3) is 5.91 Å².